The number of aryl methyl sites for hydroxylation is 1. The zero-order chi connectivity index (χ0) is 26.5. The van der Waals surface area contributed by atoms with Crippen molar-refractivity contribution in [3.05, 3.63) is 71.3 Å². The number of carbonyl (C=O) groups is 1. The summed E-state index contributed by atoms with van der Waals surface area (Å²) < 4.78 is 1.60. The summed E-state index contributed by atoms with van der Waals surface area (Å²) in [7, 11) is 0. The Morgan fingerprint density at radius 2 is 1.77 bits per heavy atom. The molecule has 0 atom stereocenters. The zero-order valence-electron chi connectivity index (χ0n) is 22.4. The number of H-pyrrole nitrogens is 2. The standard InChI is InChI=1S/C31H35N7O/c1-19-34-27-10-8-24(17-28(27)35-19)38-31(32)25(18-33-38)30(39)29-16-22-15-21(7-9-26(22)36-29)20-11-13-37(14-12-20)23-5-3-2-4-6-23/h7-10,15-18,20,23,36H,2-6,11-14,32H2,1H3,(H,34,35). The third-order valence-electron chi connectivity index (χ3n) is 8.86. The molecule has 5 aromatic rings. The third kappa shape index (κ3) is 4.42. The molecule has 1 aliphatic carbocycles. The van der Waals surface area contributed by atoms with Crippen LogP contribution in [0.3, 0.4) is 0 Å². The lowest BCUT2D eigenvalue weighted by Gasteiger charge is -2.39. The Balaban J connectivity index is 1.09. The van der Waals surface area contributed by atoms with Crippen LogP contribution in [0.2, 0.25) is 0 Å². The molecule has 1 saturated carbocycles. The predicted molar refractivity (Wildman–Crippen MR) is 155 cm³/mol. The first-order valence-electron chi connectivity index (χ1n) is 14.2. The molecule has 0 radical (unpaired) electrons. The van der Waals surface area contributed by atoms with Gasteiger partial charge in [-0.05, 0) is 93.6 Å². The Bertz CT molecular complexity index is 1660. The molecule has 39 heavy (non-hydrogen) atoms. The van der Waals surface area contributed by atoms with Crippen LogP contribution in [-0.4, -0.2) is 54.5 Å². The van der Waals surface area contributed by atoms with Crippen LogP contribution in [0.15, 0.2) is 48.7 Å². The van der Waals surface area contributed by atoms with E-state index in [1.165, 1.54) is 63.6 Å². The van der Waals surface area contributed by atoms with E-state index in [2.05, 4.69) is 43.1 Å². The molecule has 8 nitrogen and oxygen atoms in total. The Hall–Kier alpha value is -3.91. The number of hydrogen-bond donors (Lipinski definition) is 3. The van der Waals surface area contributed by atoms with Crippen LogP contribution < -0.4 is 5.73 Å². The summed E-state index contributed by atoms with van der Waals surface area (Å²) >= 11 is 0. The molecule has 2 aliphatic rings. The Morgan fingerprint density at radius 1 is 0.949 bits per heavy atom. The van der Waals surface area contributed by atoms with Gasteiger partial charge in [0.1, 0.15) is 11.6 Å². The predicted octanol–water partition coefficient (Wildman–Crippen LogP) is 5.86. The second kappa shape index (κ2) is 9.68. The van der Waals surface area contributed by atoms with Gasteiger partial charge in [0.2, 0.25) is 5.78 Å². The first-order valence-corrected chi connectivity index (χ1v) is 14.2. The average Bonchev–Trinajstić information content (AvgIpc) is 3.68. The maximum atomic E-state index is 13.5. The number of nitrogens with two attached hydrogens (primary N) is 1. The highest BCUT2D eigenvalue weighted by Gasteiger charge is 2.27. The number of hydrogen-bond acceptors (Lipinski definition) is 5. The summed E-state index contributed by atoms with van der Waals surface area (Å²) in [5.74, 6) is 1.59. The van der Waals surface area contributed by atoms with Crippen LogP contribution >= 0.6 is 0 Å². The fraction of sp³-hybridized carbons (Fsp3) is 0.387. The number of nitrogens with zero attached hydrogens (tertiary/aromatic N) is 4. The number of aromatic amines is 2. The van der Waals surface area contributed by atoms with Crippen LogP contribution in [0, 0.1) is 6.92 Å². The molecule has 0 amide bonds. The van der Waals surface area contributed by atoms with Gasteiger partial charge in [-0.2, -0.15) is 5.10 Å². The molecule has 1 saturated heterocycles. The van der Waals surface area contributed by atoms with E-state index < -0.39 is 0 Å². The van der Waals surface area contributed by atoms with Crippen molar-refractivity contribution >= 4 is 33.5 Å². The van der Waals surface area contributed by atoms with Crippen molar-refractivity contribution in [2.24, 2.45) is 0 Å². The summed E-state index contributed by atoms with van der Waals surface area (Å²) in [6.45, 7) is 4.31. The number of benzene rings is 2. The van der Waals surface area contributed by atoms with Crippen molar-refractivity contribution in [1.29, 1.82) is 0 Å². The molecule has 0 unspecified atom stereocenters. The van der Waals surface area contributed by atoms with E-state index in [-0.39, 0.29) is 5.78 Å². The van der Waals surface area contributed by atoms with E-state index >= 15 is 0 Å². The fourth-order valence-corrected chi connectivity index (χ4v) is 6.71. The topological polar surface area (TPSA) is 109 Å². The number of likely N-dealkylation sites (tertiary alicyclic amines) is 1. The highest BCUT2D eigenvalue weighted by Crippen LogP contribution is 2.34. The number of carbonyl (C=O) groups excluding carboxylic acids is 1. The molecule has 8 heteroatoms. The van der Waals surface area contributed by atoms with Crippen molar-refractivity contribution in [1.82, 2.24) is 29.6 Å². The van der Waals surface area contributed by atoms with Gasteiger partial charge in [0, 0.05) is 16.9 Å². The molecule has 0 spiro atoms. The van der Waals surface area contributed by atoms with Crippen molar-refractivity contribution in [3.8, 4) is 5.69 Å². The van der Waals surface area contributed by atoms with Gasteiger partial charge >= 0.3 is 0 Å². The number of nitrogens with one attached hydrogen (secondary N) is 2. The molecule has 3 aromatic heterocycles. The van der Waals surface area contributed by atoms with E-state index in [0.717, 1.165) is 39.5 Å². The van der Waals surface area contributed by atoms with Gasteiger partial charge < -0.3 is 20.6 Å². The first kappa shape index (κ1) is 24.2. The maximum absolute atomic E-state index is 13.5. The Kier molecular flexibility index (Phi) is 6.00. The molecule has 2 fully saturated rings. The Labute approximate surface area is 227 Å². The molecule has 2 aromatic carbocycles. The summed E-state index contributed by atoms with van der Waals surface area (Å²) in [5.41, 5.74) is 12.3. The minimum Gasteiger partial charge on any atom is -0.383 e. The van der Waals surface area contributed by atoms with E-state index in [4.69, 9.17) is 5.73 Å². The SMILES string of the molecule is Cc1nc2ccc(-n3ncc(C(=O)c4cc5cc(C6CCN(C7CCCCC7)CC6)ccc5[nH]4)c3N)cc2[nH]1. The second-order valence-electron chi connectivity index (χ2n) is 11.3. The highest BCUT2D eigenvalue weighted by atomic mass is 16.1. The summed E-state index contributed by atoms with van der Waals surface area (Å²) in [6, 6.07) is 15.1. The van der Waals surface area contributed by atoms with Crippen molar-refractivity contribution in [2.75, 3.05) is 18.8 Å². The number of aromatic nitrogens is 5. The summed E-state index contributed by atoms with van der Waals surface area (Å²) in [5, 5.41) is 5.50. The summed E-state index contributed by atoms with van der Waals surface area (Å²) in [4.78, 5) is 27.2. The number of fused-ring (bicyclic) bond motifs is 2. The monoisotopic (exact) mass is 521 g/mol. The van der Waals surface area contributed by atoms with Gasteiger partial charge in [0.05, 0.1) is 34.2 Å². The largest absolute Gasteiger partial charge is 0.383 e. The van der Waals surface area contributed by atoms with Gasteiger partial charge in [-0.25, -0.2) is 9.67 Å². The van der Waals surface area contributed by atoms with Crippen LogP contribution in [0.25, 0.3) is 27.6 Å². The fourth-order valence-electron chi connectivity index (χ4n) is 6.71. The molecule has 1 aliphatic heterocycles. The van der Waals surface area contributed by atoms with Crippen molar-refractivity contribution in [3.63, 3.8) is 0 Å². The number of imidazole rings is 1. The third-order valence-corrected chi connectivity index (χ3v) is 8.86. The molecule has 4 N–H and O–H groups in total. The first-order chi connectivity index (χ1) is 19.0. The highest BCUT2D eigenvalue weighted by molar-refractivity contribution is 6.12. The Morgan fingerprint density at radius 3 is 2.59 bits per heavy atom. The van der Waals surface area contributed by atoms with Gasteiger partial charge in [0.15, 0.2) is 0 Å². The van der Waals surface area contributed by atoms with E-state index in [0.29, 0.717) is 23.0 Å². The lowest BCUT2D eigenvalue weighted by atomic mass is 9.86. The van der Waals surface area contributed by atoms with E-state index in [1.807, 2.05) is 31.2 Å². The van der Waals surface area contributed by atoms with Gasteiger partial charge in [0.25, 0.3) is 0 Å². The molecule has 4 heterocycles. The summed E-state index contributed by atoms with van der Waals surface area (Å²) in [6.07, 6.45) is 10.9. The zero-order valence-corrected chi connectivity index (χ0v) is 22.4. The lowest BCUT2D eigenvalue weighted by Crippen LogP contribution is -2.41. The normalized spacial score (nSPS) is 17.9. The lowest BCUT2D eigenvalue weighted by molar-refractivity contribution is 0.103. The molecular formula is C31H35N7O. The smallest absolute Gasteiger partial charge is 0.214 e. The van der Waals surface area contributed by atoms with Crippen LogP contribution in [0.1, 0.15) is 78.3 Å². The minimum absolute atomic E-state index is 0.157. The van der Waals surface area contributed by atoms with Gasteiger partial charge in [-0.15, -0.1) is 0 Å². The van der Waals surface area contributed by atoms with Crippen molar-refractivity contribution < 1.29 is 4.79 Å². The number of nitrogen functional groups attached to an aromatic ring is 1. The molecular weight excluding hydrogens is 486 g/mol. The van der Waals surface area contributed by atoms with Crippen LogP contribution in [0.4, 0.5) is 5.82 Å². The number of piperidine rings is 1. The number of rotatable bonds is 5. The maximum Gasteiger partial charge on any atom is 0.214 e. The number of ketones is 1. The molecule has 200 valence electrons. The van der Waals surface area contributed by atoms with Gasteiger partial charge in [-0.1, -0.05) is 25.3 Å². The van der Waals surface area contributed by atoms with Gasteiger partial charge in [-0.3, -0.25) is 4.79 Å². The van der Waals surface area contributed by atoms with E-state index in [9.17, 15) is 4.79 Å². The molecule has 7 rings (SSSR count). The van der Waals surface area contributed by atoms with Crippen LogP contribution in [0.5, 0.6) is 0 Å². The number of anilines is 1. The quantitative estimate of drug-likeness (QED) is 0.251. The second-order valence-corrected chi connectivity index (χ2v) is 11.3. The van der Waals surface area contributed by atoms with E-state index in [1.54, 1.807) is 10.9 Å². The van der Waals surface area contributed by atoms with Crippen molar-refractivity contribution in [2.45, 2.75) is 63.8 Å². The average molecular weight is 522 g/mol. The van der Waals surface area contributed by atoms with Crippen LogP contribution in [-0.2, 0) is 0 Å². The molecule has 0 bridgehead atoms. The minimum atomic E-state index is -0.157.